The van der Waals surface area contributed by atoms with Crippen molar-refractivity contribution >= 4 is 29.4 Å². The van der Waals surface area contributed by atoms with Crippen LogP contribution >= 0.6 is 11.6 Å². The number of amides is 4. The van der Waals surface area contributed by atoms with Gasteiger partial charge in [0.05, 0.1) is 0 Å². The molecule has 146 valence electrons. The molecule has 1 heterocycles. The molecule has 0 bridgehead atoms. The van der Waals surface area contributed by atoms with Gasteiger partial charge in [0.1, 0.15) is 5.54 Å². The van der Waals surface area contributed by atoms with Crippen LogP contribution in [-0.4, -0.2) is 46.3 Å². The van der Waals surface area contributed by atoms with Crippen LogP contribution in [0.25, 0.3) is 0 Å². The van der Waals surface area contributed by atoms with Gasteiger partial charge in [0.2, 0.25) is 5.91 Å². The number of hydrogen-bond donors (Lipinski definition) is 1. The lowest BCUT2D eigenvalue weighted by Gasteiger charge is -2.30. The Balaban J connectivity index is 1.59. The minimum atomic E-state index is -0.733. The van der Waals surface area contributed by atoms with Crippen molar-refractivity contribution in [3.8, 4) is 0 Å². The standard InChI is InChI=1S/C20H26ClN3O3/c1-2-23(14-15-7-6-8-16(21)13-15)17(25)9-12-24-18(26)20(22-19(24)27)10-4-3-5-11-20/h6-8,13H,2-5,9-12,14H2,1H3,(H,22,27). The van der Waals surface area contributed by atoms with Crippen molar-refractivity contribution in [2.45, 2.75) is 57.5 Å². The van der Waals surface area contributed by atoms with Crippen molar-refractivity contribution in [2.75, 3.05) is 13.1 Å². The van der Waals surface area contributed by atoms with Gasteiger partial charge in [0.25, 0.3) is 5.91 Å². The molecule has 1 spiro atoms. The highest BCUT2D eigenvalue weighted by molar-refractivity contribution is 6.30. The van der Waals surface area contributed by atoms with Gasteiger partial charge in [-0.05, 0) is 37.5 Å². The zero-order chi connectivity index (χ0) is 19.4. The normalized spacial score (nSPS) is 18.7. The minimum absolute atomic E-state index is 0.0809. The van der Waals surface area contributed by atoms with Crippen molar-refractivity contribution in [2.24, 2.45) is 0 Å². The average molecular weight is 392 g/mol. The predicted octanol–water partition coefficient (Wildman–Crippen LogP) is 3.33. The van der Waals surface area contributed by atoms with Gasteiger partial charge in [-0.25, -0.2) is 4.79 Å². The van der Waals surface area contributed by atoms with Crippen LogP contribution in [0.5, 0.6) is 0 Å². The second kappa shape index (κ2) is 8.30. The summed E-state index contributed by atoms with van der Waals surface area (Å²) in [6.45, 7) is 3.04. The molecule has 6 nitrogen and oxygen atoms in total. The van der Waals surface area contributed by atoms with Crippen LogP contribution in [0.2, 0.25) is 5.02 Å². The fourth-order valence-electron chi connectivity index (χ4n) is 3.97. The molecule has 27 heavy (non-hydrogen) atoms. The van der Waals surface area contributed by atoms with E-state index in [4.69, 9.17) is 11.6 Å². The number of nitrogens with one attached hydrogen (secondary N) is 1. The van der Waals surface area contributed by atoms with Crippen LogP contribution in [0, 0.1) is 0 Å². The van der Waals surface area contributed by atoms with Gasteiger partial charge in [-0.15, -0.1) is 0 Å². The molecule has 0 unspecified atom stereocenters. The van der Waals surface area contributed by atoms with Gasteiger partial charge in [0, 0.05) is 31.1 Å². The fraction of sp³-hybridized carbons (Fsp3) is 0.550. The molecule has 3 rings (SSSR count). The van der Waals surface area contributed by atoms with Gasteiger partial charge in [-0.3, -0.25) is 14.5 Å². The predicted molar refractivity (Wildman–Crippen MR) is 103 cm³/mol. The lowest BCUT2D eigenvalue weighted by Crippen LogP contribution is -2.48. The maximum absolute atomic E-state index is 12.8. The summed E-state index contributed by atoms with van der Waals surface area (Å²) in [4.78, 5) is 40.6. The summed E-state index contributed by atoms with van der Waals surface area (Å²) in [5.41, 5.74) is 0.220. The Bertz CT molecular complexity index is 731. The largest absolute Gasteiger partial charge is 0.339 e. The highest BCUT2D eigenvalue weighted by Crippen LogP contribution is 2.33. The molecule has 4 amide bonds. The molecule has 0 atom stereocenters. The lowest BCUT2D eigenvalue weighted by atomic mass is 9.82. The molecule has 1 aliphatic heterocycles. The van der Waals surface area contributed by atoms with Gasteiger partial charge < -0.3 is 10.2 Å². The molecule has 1 saturated heterocycles. The first-order chi connectivity index (χ1) is 12.9. The van der Waals surface area contributed by atoms with E-state index in [0.717, 1.165) is 24.8 Å². The highest BCUT2D eigenvalue weighted by Gasteiger charge is 2.51. The third kappa shape index (κ3) is 4.26. The van der Waals surface area contributed by atoms with Crippen LogP contribution < -0.4 is 5.32 Å². The Labute approximate surface area is 164 Å². The molecule has 1 aromatic carbocycles. The number of halogens is 1. The summed E-state index contributed by atoms with van der Waals surface area (Å²) in [7, 11) is 0. The third-order valence-electron chi connectivity index (χ3n) is 5.50. The van der Waals surface area contributed by atoms with Crippen molar-refractivity contribution in [3.63, 3.8) is 0 Å². The van der Waals surface area contributed by atoms with E-state index in [1.165, 1.54) is 4.90 Å². The Morgan fingerprint density at radius 1 is 1.26 bits per heavy atom. The van der Waals surface area contributed by atoms with Gasteiger partial charge >= 0.3 is 6.03 Å². The van der Waals surface area contributed by atoms with Crippen LogP contribution in [0.3, 0.4) is 0 Å². The van der Waals surface area contributed by atoms with Crippen molar-refractivity contribution in [1.82, 2.24) is 15.1 Å². The van der Waals surface area contributed by atoms with E-state index in [9.17, 15) is 14.4 Å². The molecule has 0 radical (unpaired) electrons. The van der Waals surface area contributed by atoms with E-state index in [1.54, 1.807) is 11.0 Å². The van der Waals surface area contributed by atoms with Crippen molar-refractivity contribution in [3.05, 3.63) is 34.9 Å². The summed E-state index contributed by atoms with van der Waals surface area (Å²) in [6.07, 6.45) is 4.50. The summed E-state index contributed by atoms with van der Waals surface area (Å²) in [5, 5.41) is 3.51. The number of carbonyl (C=O) groups excluding carboxylic acids is 3. The topological polar surface area (TPSA) is 69.7 Å². The third-order valence-corrected chi connectivity index (χ3v) is 5.73. The minimum Gasteiger partial charge on any atom is -0.339 e. The molecule has 1 saturated carbocycles. The number of rotatable bonds is 6. The molecule has 1 N–H and O–H groups in total. The van der Waals surface area contributed by atoms with Crippen LogP contribution in [-0.2, 0) is 16.1 Å². The van der Waals surface area contributed by atoms with Crippen LogP contribution in [0.15, 0.2) is 24.3 Å². The van der Waals surface area contributed by atoms with E-state index in [0.29, 0.717) is 31.0 Å². The highest BCUT2D eigenvalue weighted by atomic mass is 35.5. The maximum Gasteiger partial charge on any atom is 0.325 e. The summed E-state index contributed by atoms with van der Waals surface area (Å²) in [5.74, 6) is -0.249. The molecule has 1 aromatic rings. The number of nitrogens with zero attached hydrogens (tertiary/aromatic N) is 2. The Morgan fingerprint density at radius 3 is 2.67 bits per heavy atom. The fourth-order valence-corrected chi connectivity index (χ4v) is 4.18. The van der Waals surface area contributed by atoms with Gasteiger partial charge in [-0.2, -0.15) is 0 Å². The Hall–Kier alpha value is -2.08. The van der Waals surface area contributed by atoms with Gasteiger partial charge in [-0.1, -0.05) is 43.0 Å². The molecule has 0 aromatic heterocycles. The first kappa shape index (κ1) is 19.7. The summed E-state index contributed by atoms with van der Waals surface area (Å²) >= 11 is 6.01. The number of hydrogen-bond acceptors (Lipinski definition) is 3. The number of urea groups is 1. The summed E-state index contributed by atoms with van der Waals surface area (Å²) < 4.78 is 0. The zero-order valence-corrected chi connectivity index (χ0v) is 16.4. The first-order valence-electron chi connectivity index (χ1n) is 9.61. The second-order valence-corrected chi connectivity index (χ2v) is 7.75. The molecule has 1 aliphatic carbocycles. The van der Waals surface area contributed by atoms with E-state index in [-0.39, 0.29) is 30.8 Å². The Morgan fingerprint density at radius 2 is 2.00 bits per heavy atom. The maximum atomic E-state index is 12.8. The molecular formula is C20H26ClN3O3. The summed E-state index contributed by atoms with van der Waals surface area (Å²) in [6, 6.07) is 7.04. The van der Waals surface area contributed by atoms with Gasteiger partial charge in [0.15, 0.2) is 0 Å². The van der Waals surface area contributed by atoms with Crippen molar-refractivity contribution < 1.29 is 14.4 Å². The van der Waals surface area contributed by atoms with E-state index < -0.39 is 5.54 Å². The number of carbonyl (C=O) groups is 3. The van der Waals surface area contributed by atoms with E-state index in [2.05, 4.69) is 5.32 Å². The quantitative estimate of drug-likeness (QED) is 0.756. The second-order valence-electron chi connectivity index (χ2n) is 7.32. The first-order valence-corrected chi connectivity index (χ1v) is 9.99. The smallest absolute Gasteiger partial charge is 0.325 e. The number of imide groups is 1. The van der Waals surface area contributed by atoms with Crippen molar-refractivity contribution in [1.29, 1.82) is 0 Å². The molecule has 7 heteroatoms. The van der Waals surface area contributed by atoms with E-state index in [1.807, 2.05) is 25.1 Å². The lowest BCUT2D eigenvalue weighted by molar-refractivity contribution is -0.134. The average Bonchev–Trinajstić information content (AvgIpc) is 2.88. The zero-order valence-electron chi connectivity index (χ0n) is 15.7. The SMILES string of the molecule is CCN(Cc1cccc(Cl)c1)C(=O)CCN1C(=O)NC2(CCCCC2)C1=O. The monoisotopic (exact) mass is 391 g/mol. The Kier molecular flexibility index (Phi) is 6.05. The number of benzene rings is 1. The molecular weight excluding hydrogens is 366 g/mol. The molecule has 2 fully saturated rings. The van der Waals surface area contributed by atoms with Crippen LogP contribution in [0.4, 0.5) is 4.79 Å². The van der Waals surface area contributed by atoms with Crippen LogP contribution in [0.1, 0.15) is 51.0 Å². The molecule has 2 aliphatic rings. The van der Waals surface area contributed by atoms with E-state index >= 15 is 0 Å².